The van der Waals surface area contributed by atoms with E-state index < -0.39 is 12.0 Å². The number of nitrogens with one attached hydrogen (secondary N) is 1. The van der Waals surface area contributed by atoms with Crippen LogP contribution in [-0.2, 0) is 11.3 Å². The third-order valence-electron chi connectivity index (χ3n) is 2.43. The average Bonchev–Trinajstić information content (AvgIpc) is 2.29. The SMILES string of the molecule is COc1ccc(C)cc1CNCC(N)C(=O)O. The Morgan fingerprint density at radius 2 is 2.29 bits per heavy atom. The van der Waals surface area contributed by atoms with Gasteiger partial charge in [-0.25, -0.2) is 0 Å². The van der Waals surface area contributed by atoms with Gasteiger partial charge in [-0.2, -0.15) is 0 Å². The predicted molar refractivity (Wildman–Crippen MR) is 65.0 cm³/mol. The third-order valence-corrected chi connectivity index (χ3v) is 2.43. The highest BCUT2D eigenvalue weighted by atomic mass is 16.5. The summed E-state index contributed by atoms with van der Waals surface area (Å²) in [6.45, 7) is 2.75. The maximum Gasteiger partial charge on any atom is 0.321 e. The molecular formula is C12H18N2O3. The number of rotatable bonds is 6. The molecule has 0 aliphatic rings. The lowest BCUT2D eigenvalue weighted by atomic mass is 10.1. The van der Waals surface area contributed by atoms with E-state index in [1.807, 2.05) is 25.1 Å². The molecule has 0 aromatic heterocycles. The van der Waals surface area contributed by atoms with Gasteiger partial charge in [0.05, 0.1) is 7.11 Å². The van der Waals surface area contributed by atoms with Crippen molar-refractivity contribution in [2.75, 3.05) is 13.7 Å². The Kier molecular flexibility index (Phi) is 4.93. The number of carboxylic acids is 1. The first-order chi connectivity index (χ1) is 8.04. The minimum absolute atomic E-state index is 0.229. The summed E-state index contributed by atoms with van der Waals surface area (Å²) in [5.41, 5.74) is 7.51. The lowest BCUT2D eigenvalue weighted by Gasteiger charge is -2.12. The van der Waals surface area contributed by atoms with Crippen LogP contribution in [-0.4, -0.2) is 30.8 Å². The first-order valence-corrected chi connectivity index (χ1v) is 5.37. The Labute approximate surface area is 101 Å². The van der Waals surface area contributed by atoms with Gasteiger partial charge in [-0.15, -0.1) is 0 Å². The van der Waals surface area contributed by atoms with Crippen molar-refractivity contribution >= 4 is 5.97 Å². The summed E-state index contributed by atoms with van der Waals surface area (Å²) in [6, 6.07) is 4.97. The fourth-order valence-corrected chi connectivity index (χ4v) is 1.50. The topological polar surface area (TPSA) is 84.6 Å². The average molecular weight is 238 g/mol. The number of aliphatic carboxylic acids is 1. The molecular weight excluding hydrogens is 220 g/mol. The summed E-state index contributed by atoms with van der Waals surface area (Å²) in [5.74, 6) is -0.222. The highest BCUT2D eigenvalue weighted by molar-refractivity contribution is 5.73. The number of carboxylic acid groups (broad SMARTS) is 1. The minimum atomic E-state index is -1.01. The second-order valence-electron chi connectivity index (χ2n) is 3.89. The van der Waals surface area contributed by atoms with E-state index in [-0.39, 0.29) is 6.54 Å². The van der Waals surface area contributed by atoms with E-state index in [1.165, 1.54) is 0 Å². The van der Waals surface area contributed by atoms with Crippen LogP contribution in [0.25, 0.3) is 0 Å². The fraction of sp³-hybridized carbons (Fsp3) is 0.417. The summed E-state index contributed by atoms with van der Waals surface area (Å²) >= 11 is 0. The van der Waals surface area contributed by atoms with Gasteiger partial charge in [-0.05, 0) is 13.0 Å². The maximum absolute atomic E-state index is 10.5. The van der Waals surface area contributed by atoms with Crippen molar-refractivity contribution in [2.24, 2.45) is 5.73 Å². The molecule has 0 amide bonds. The minimum Gasteiger partial charge on any atom is -0.496 e. The number of ether oxygens (including phenoxy) is 1. The molecule has 1 rings (SSSR count). The normalized spacial score (nSPS) is 12.2. The Hall–Kier alpha value is -1.59. The van der Waals surface area contributed by atoms with Gasteiger partial charge in [0.1, 0.15) is 11.8 Å². The second kappa shape index (κ2) is 6.22. The molecule has 1 atom stereocenters. The zero-order valence-electron chi connectivity index (χ0n) is 10.1. The van der Waals surface area contributed by atoms with Crippen molar-refractivity contribution in [3.8, 4) is 5.75 Å². The van der Waals surface area contributed by atoms with E-state index in [0.29, 0.717) is 6.54 Å². The van der Waals surface area contributed by atoms with Gasteiger partial charge in [0.2, 0.25) is 0 Å². The van der Waals surface area contributed by atoms with Gasteiger partial charge in [0, 0.05) is 18.7 Å². The summed E-state index contributed by atoms with van der Waals surface area (Å²) < 4.78 is 5.22. The molecule has 17 heavy (non-hydrogen) atoms. The molecule has 4 N–H and O–H groups in total. The van der Waals surface area contributed by atoms with Crippen LogP contribution < -0.4 is 15.8 Å². The Balaban J connectivity index is 2.56. The van der Waals surface area contributed by atoms with Crippen LogP contribution in [0, 0.1) is 6.92 Å². The van der Waals surface area contributed by atoms with Crippen molar-refractivity contribution < 1.29 is 14.6 Å². The van der Waals surface area contributed by atoms with Crippen molar-refractivity contribution in [2.45, 2.75) is 19.5 Å². The summed E-state index contributed by atoms with van der Waals surface area (Å²) in [7, 11) is 1.61. The molecule has 0 radical (unpaired) electrons. The maximum atomic E-state index is 10.5. The molecule has 0 bridgehead atoms. The van der Waals surface area contributed by atoms with Gasteiger partial charge in [0.15, 0.2) is 0 Å². The molecule has 0 saturated heterocycles. The van der Waals surface area contributed by atoms with E-state index in [2.05, 4.69) is 5.32 Å². The molecule has 0 spiro atoms. The smallest absolute Gasteiger partial charge is 0.321 e. The zero-order chi connectivity index (χ0) is 12.8. The molecule has 0 heterocycles. The van der Waals surface area contributed by atoms with Crippen LogP contribution in [0.2, 0.25) is 0 Å². The molecule has 5 heteroatoms. The van der Waals surface area contributed by atoms with Gasteiger partial charge in [0.25, 0.3) is 0 Å². The molecule has 0 aliphatic carbocycles. The van der Waals surface area contributed by atoms with Crippen LogP contribution in [0.5, 0.6) is 5.75 Å². The van der Waals surface area contributed by atoms with Gasteiger partial charge >= 0.3 is 5.97 Å². The first-order valence-electron chi connectivity index (χ1n) is 5.37. The number of hydrogen-bond acceptors (Lipinski definition) is 4. The van der Waals surface area contributed by atoms with E-state index in [1.54, 1.807) is 7.11 Å². The Morgan fingerprint density at radius 3 is 2.88 bits per heavy atom. The largest absolute Gasteiger partial charge is 0.496 e. The Bertz CT molecular complexity index is 393. The molecule has 0 saturated carbocycles. The third kappa shape index (κ3) is 4.05. The van der Waals surface area contributed by atoms with Crippen LogP contribution in [0.15, 0.2) is 18.2 Å². The molecule has 5 nitrogen and oxygen atoms in total. The second-order valence-corrected chi connectivity index (χ2v) is 3.89. The number of carbonyl (C=O) groups is 1. The van der Waals surface area contributed by atoms with Crippen molar-refractivity contribution in [1.82, 2.24) is 5.32 Å². The summed E-state index contributed by atoms with van der Waals surface area (Å²) in [4.78, 5) is 10.5. The molecule has 94 valence electrons. The highest BCUT2D eigenvalue weighted by Gasteiger charge is 2.10. The molecule has 0 aliphatic heterocycles. The lowest BCUT2D eigenvalue weighted by molar-refractivity contribution is -0.138. The first kappa shape index (κ1) is 13.5. The molecule has 1 aromatic rings. The van der Waals surface area contributed by atoms with E-state index >= 15 is 0 Å². The van der Waals surface area contributed by atoms with Crippen molar-refractivity contribution in [3.63, 3.8) is 0 Å². The predicted octanol–water partition coefficient (Wildman–Crippen LogP) is 0.505. The van der Waals surface area contributed by atoms with E-state index in [0.717, 1.165) is 16.9 Å². The van der Waals surface area contributed by atoms with Crippen LogP contribution in [0.3, 0.4) is 0 Å². The quantitative estimate of drug-likeness (QED) is 0.672. The number of benzene rings is 1. The van der Waals surface area contributed by atoms with Crippen LogP contribution in [0.4, 0.5) is 0 Å². The fourth-order valence-electron chi connectivity index (χ4n) is 1.50. The summed E-state index contributed by atoms with van der Waals surface area (Å²) in [5, 5.41) is 11.6. The van der Waals surface area contributed by atoms with Gasteiger partial charge in [-0.1, -0.05) is 17.7 Å². The molecule has 1 aromatic carbocycles. The van der Waals surface area contributed by atoms with Crippen LogP contribution >= 0.6 is 0 Å². The highest BCUT2D eigenvalue weighted by Crippen LogP contribution is 2.19. The molecule has 0 fully saturated rings. The number of aryl methyl sites for hydroxylation is 1. The Morgan fingerprint density at radius 1 is 1.59 bits per heavy atom. The number of nitrogens with two attached hydrogens (primary N) is 1. The number of hydrogen-bond donors (Lipinski definition) is 3. The standard InChI is InChI=1S/C12H18N2O3/c1-8-3-4-11(17-2)9(5-8)6-14-7-10(13)12(15)16/h3-5,10,14H,6-7,13H2,1-2H3,(H,15,16). The van der Waals surface area contributed by atoms with Crippen molar-refractivity contribution in [3.05, 3.63) is 29.3 Å². The lowest BCUT2D eigenvalue weighted by Crippen LogP contribution is -2.40. The molecule has 1 unspecified atom stereocenters. The zero-order valence-corrected chi connectivity index (χ0v) is 10.1. The van der Waals surface area contributed by atoms with E-state index in [9.17, 15) is 4.79 Å². The van der Waals surface area contributed by atoms with E-state index in [4.69, 9.17) is 15.6 Å². The summed E-state index contributed by atoms with van der Waals surface area (Å²) in [6.07, 6.45) is 0. The van der Waals surface area contributed by atoms with Gasteiger partial charge < -0.3 is 20.9 Å². The van der Waals surface area contributed by atoms with Crippen LogP contribution in [0.1, 0.15) is 11.1 Å². The monoisotopic (exact) mass is 238 g/mol. The van der Waals surface area contributed by atoms with Crippen molar-refractivity contribution in [1.29, 1.82) is 0 Å². The van der Waals surface area contributed by atoms with Gasteiger partial charge in [-0.3, -0.25) is 4.79 Å². The number of methoxy groups -OCH3 is 1.